The molecule has 1 spiro atoms. The first-order valence-electron chi connectivity index (χ1n) is 5.62. The Morgan fingerprint density at radius 3 is 2.08 bits per heavy atom. The van der Waals surface area contributed by atoms with Crippen LogP contribution in [-0.2, 0) is 0 Å². The first-order valence-corrected chi connectivity index (χ1v) is 5.62. The van der Waals surface area contributed by atoms with Crippen molar-refractivity contribution >= 4 is 0 Å². The number of hydrogen-bond acceptors (Lipinski definition) is 1. The molecule has 0 aromatic carbocycles. The number of allylic oxidation sites excluding steroid dienone is 1. The van der Waals surface area contributed by atoms with Crippen molar-refractivity contribution in [2.45, 2.75) is 45.4 Å². The van der Waals surface area contributed by atoms with Crippen molar-refractivity contribution in [3.05, 3.63) is 12.3 Å². The van der Waals surface area contributed by atoms with Crippen LogP contribution in [0.5, 0.6) is 0 Å². The van der Waals surface area contributed by atoms with E-state index in [-0.39, 0.29) is 0 Å². The molecule has 0 bridgehead atoms. The molecular formula is C12H21N. The Morgan fingerprint density at radius 1 is 1.08 bits per heavy atom. The second-order valence-electron chi connectivity index (χ2n) is 4.93. The van der Waals surface area contributed by atoms with Gasteiger partial charge in [-0.3, -0.25) is 0 Å². The van der Waals surface area contributed by atoms with Crippen molar-refractivity contribution in [3.8, 4) is 0 Å². The average molecular weight is 179 g/mol. The van der Waals surface area contributed by atoms with Gasteiger partial charge in [0.2, 0.25) is 0 Å². The maximum Gasteiger partial charge on any atom is 0.0180 e. The summed E-state index contributed by atoms with van der Waals surface area (Å²) in [5.41, 5.74) is 2.01. The van der Waals surface area contributed by atoms with E-state index in [4.69, 9.17) is 0 Å². The Hall–Kier alpha value is -0.460. The topological polar surface area (TPSA) is 3.24 Å². The van der Waals surface area contributed by atoms with Gasteiger partial charge in [-0.15, -0.1) is 0 Å². The number of rotatable bonds is 1. The van der Waals surface area contributed by atoms with E-state index in [1.54, 1.807) is 0 Å². The molecule has 0 amide bonds. The summed E-state index contributed by atoms with van der Waals surface area (Å²) in [5.74, 6) is 0. The van der Waals surface area contributed by atoms with E-state index in [1.165, 1.54) is 57.3 Å². The van der Waals surface area contributed by atoms with Crippen LogP contribution in [0.3, 0.4) is 0 Å². The highest BCUT2D eigenvalue weighted by atomic mass is 15.1. The fraction of sp³-hybridized carbons (Fsp3) is 0.833. The highest BCUT2D eigenvalue weighted by Crippen LogP contribution is 2.46. The molecule has 2 rings (SSSR count). The third-order valence-corrected chi connectivity index (χ3v) is 4.03. The molecule has 13 heavy (non-hydrogen) atoms. The summed E-state index contributed by atoms with van der Waals surface area (Å²) < 4.78 is 0. The molecule has 74 valence electrons. The maximum atomic E-state index is 4.02. The van der Waals surface area contributed by atoms with Crippen molar-refractivity contribution in [1.29, 1.82) is 0 Å². The van der Waals surface area contributed by atoms with Crippen molar-refractivity contribution in [3.63, 3.8) is 0 Å². The first kappa shape index (κ1) is 9.11. The molecule has 0 unspecified atom stereocenters. The zero-order valence-electron chi connectivity index (χ0n) is 8.81. The molecule has 1 saturated carbocycles. The van der Waals surface area contributed by atoms with Crippen LogP contribution in [0, 0.1) is 5.41 Å². The number of likely N-dealkylation sites (tertiary alicyclic amines) is 1. The molecule has 1 heterocycles. The van der Waals surface area contributed by atoms with Gasteiger partial charge in [-0.05, 0) is 38.0 Å². The lowest BCUT2D eigenvalue weighted by Crippen LogP contribution is -2.37. The minimum atomic E-state index is 0.756. The van der Waals surface area contributed by atoms with Crippen LogP contribution in [0.15, 0.2) is 12.3 Å². The molecule has 2 aliphatic rings. The summed E-state index contributed by atoms with van der Waals surface area (Å²) in [6, 6.07) is 0. The van der Waals surface area contributed by atoms with Crippen molar-refractivity contribution in [2.24, 2.45) is 5.41 Å². The van der Waals surface area contributed by atoms with Crippen molar-refractivity contribution in [1.82, 2.24) is 4.90 Å². The van der Waals surface area contributed by atoms with Gasteiger partial charge in [-0.1, -0.05) is 19.4 Å². The summed E-state index contributed by atoms with van der Waals surface area (Å²) in [5, 5.41) is 0. The zero-order chi connectivity index (χ0) is 9.31. The summed E-state index contributed by atoms with van der Waals surface area (Å²) in [6.45, 7) is 8.67. The second kappa shape index (κ2) is 3.36. The van der Waals surface area contributed by atoms with Crippen LogP contribution in [0.1, 0.15) is 45.4 Å². The lowest BCUT2D eigenvalue weighted by Gasteiger charge is -2.40. The minimum Gasteiger partial charge on any atom is -0.375 e. The Bertz CT molecular complexity index is 191. The SMILES string of the molecule is C=C(C)N1CCC2(CCCC2)CC1. The lowest BCUT2D eigenvalue weighted by molar-refractivity contribution is 0.133. The Balaban J connectivity index is 1.91. The average Bonchev–Trinajstić information content (AvgIpc) is 2.54. The van der Waals surface area contributed by atoms with Gasteiger partial charge >= 0.3 is 0 Å². The van der Waals surface area contributed by atoms with Crippen LogP contribution in [-0.4, -0.2) is 18.0 Å². The molecule has 1 nitrogen and oxygen atoms in total. The highest BCUT2D eigenvalue weighted by Gasteiger charge is 2.36. The van der Waals surface area contributed by atoms with Crippen LogP contribution >= 0.6 is 0 Å². The number of hydrogen-bond donors (Lipinski definition) is 0. The molecule has 0 aromatic rings. The smallest absolute Gasteiger partial charge is 0.0180 e. The second-order valence-corrected chi connectivity index (χ2v) is 4.93. The van der Waals surface area contributed by atoms with Crippen molar-refractivity contribution < 1.29 is 0 Å². The van der Waals surface area contributed by atoms with E-state index < -0.39 is 0 Å². The summed E-state index contributed by atoms with van der Waals surface area (Å²) in [6.07, 6.45) is 8.79. The van der Waals surface area contributed by atoms with Gasteiger partial charge in [0.25, 0.3) is 0 Å². The Labute approximate surface area is 81.8 Å². The van der Waals surface area contributed by atoms with Crippen molar-refractivity contribution in [2.75, 3.05) is 13.1 Å². The molecule has 1 saturated heterocycles. The summed E-state index contributed by atoms with van der Waals surface area (Å²) in [7, 11) is 0. The Kier molecular flexibility index (Phi) is 2.35. The lowest BCUT2D eigenvalue weighted by atomic mass is 9.77. The predicted octanol–water partition coefficient (Wildman–Crippen LogP) is 3.18. The van der Waals surface area contributed by atoms with E-state index in [9.17, 15) is 0 Å². The molecule has 1 heteroatoms. The van der Waals surface area contributed by atoms with Gasteiger partial charge < -0.3 is 4.90 Å². The fourth-order valence-corrected chi connectivity index (χ4v) is 2.99. The van der Waals surface area contributed by atoms with Gasteiger partial charge in [-0.25, -0.2) is 0 Å². The van der Waals surface area contributed by atoms with Gasteiger partial charge in [0.15, 0.2) is 0 Å². The van der Waals surface area contributed by atoms with Crippen LogP contribution in [0.2, 0.25) is 0 Å². The van der Waals surface area contributed by atoms with Gasteiger partial charge in [0.1, 0.15) is 0 Å². The van der Waals surface area contributed by atoms with E-state index in [1.807, 2.05) is 0 Å². The van der Waals surface area contributed by atoms with Crippen LogP contribution in [0.4, 0.5) is 0 Å². The van der Waals surface area contributed by atoms with E-state index >= 15 is 0 Å². The third-order valence-electron chi connectivity index (χ3n) is 4.03. The predicted molar refractivity (Wildman–Crippen MR) is 56.5 cm³/mol. The minimum absolute atomic E-state index is 0.756. The Morgan fingerprint density at radius 2 is 1.62 bits per heavy atom. The standard InChI is InChI=1S/C12H21N/c1-11(2)13-9-7-12(8-10-13)5-3-4-6-12/h1,3-10H2,2H3. The highest BCUT2D eigenvalue weighted by molar-refractivity contribution is 4.96. The third kappa shape index (κ3) is 1.74. The maximum absolute atomic E-state index is 4.02. The summed E-state index contributed by atoms with van der Waals surface area (Å²) in [4.78, 5) is 2.45. The quantitative estimate of drug-likeness (QED) is 0.597. The summed E-state index contributed by atoms with van der Waals surface area (Å²) >= 11 is 0. The zero-order valence-corrected chi connectivity index (χ0v) is 8.81. The van der Waals surface area contributed by atoms with Gasteiger partial charge in [0.05, 0.1) is 0 Å². The largest absolute Gasteiger partial charge is 0.375 e. The van der Waals surface area contributed by atoms with E-state index in [2.05, 4.69) is 18.4 Å². The van der Waals surface area contributed by atoms with Gasteiger partial charge in [-0.2, -0.15) is 0 Å². The number of nitrogens with zero attached hydrogens (tertiary/aromatic N) is 1. The molecular weight excluding hydrogens is 158 g/mol. The van der Waals surface area contributed by atoms with Crippen LogP contribution in [0.25, 0.3) is 0 Å². The fourth-order valence-electron chi connectivity index (χ4n) is 2.99. The number of piperidine rings is 1. The van der Waals surface area contributed by atoms with E-state index in [0.29, 0.717) is 0 Å². The first-order chi connectivity index (χ1) is 6.22. The molecule has 0 aromatic heterocycles. The molecule has 0 radical (unpaired) electrons. The molecule has 0 N–H and O–H groups in total. The molecule has 1 aliphatic carbocycles. The molecule has 2 fully saturated rings. The molecule has 0 atom stereocenters. The molecule has 1 aliphatic heterocycles. The van der Waals surface area contributed by atoms with Gasteiger partial charge in [0, 0.05) is 18.8 Å². The normalized spacial score (nSPS) is 26.7. The van der Waals surface area contributed by atoms with E-state index in [0.717, 1.165) is 5.41 Å². The van der Waals surface area contributed by atoms with Crippen LogP contribution < -0.4 is 0 Å². The monoisotopic (exact) mass is 179 g/mol.